The number of benzene rings is 7. The summed E-state index contributed by atoms with van der Waals surface area (Å²) < 4.78 is 54.8. The molecule has 7 aromatic carbocycles. The van der Waals surface area contributed by atoms with Crippen LogP contribution in [-0.4, -0.2) is 9.55 Å². The van der Waals surface area contributed by atoms with Crippen LogP contribution in [-0.2, 0) is 5.41 Å². The molecule has 1 aromatic heterocycles. The Hall–Kier alpha value is -5.47. The van der Waals surface area contributed by atoms with Crippen molar-refractivity contribution in [1.82, 2.24) is 9.55 Å². The molecule has 2 heteroatoms. The number of hydrogen-bond donors (Lipinski definition) is 0. The van der Waals surface area contributed by atoms with Gasteiger partial charge in [0.2, 0.25) is 0 Å². The molecule has 0 aliphatic heterocycles. The van der Waals surface area contributed by atoms with Crippen LogP contribution in [0.2, 0.25) is 0 Å². The third kappa shape index (κ3) is 3.66. The van der Waals surface area contributed by atoms with Crippen LogP contribution in [0.5, 0.6) is 0 Å². The van der Waals surface area contributed by atoms with Gasteiger partial charge in [0.25, 0.3) is 0 Å². The average molecular weight is 583 g/mol. The number of imidazole rings is 1. The summed E-state index contributed by atoms with van der Waals surface area (Å²) in [4.78, 5) is 4.88. The van der Waals surface area contributed by atoms with E-state index >= 15 is 0 Å². The van der Waals surface area contributed by atoms with E-state index in [2.05, 4.69) is 59.2 Å². The first-order valence-electron chi connectivity index (χ1n) is 18.2. The zero-order chi connectivity index (χ0) is 35.3. The van der Waals surface area contributed by atoms with Crippen LogP contribution >= 0.6 is 0 Å². The lowest BCUT2D eigenvalue weighted by Gasteiger charge is -2.23. The quantitative estimate of drug-likeness (QED) is 0.189. The molecule has 1 heterocycles. The lowest BCUT2D eigenvalue weighted by Crippen LogP contribution is -2.14. The van der Waals surface area contributed by atoms with E-state index in [0.717, 1.165) is 66.3 Å². The fourth-order valence-electron chi connectivity index (χ4n) is 7.50. The Morgan fingerprint density at radius 2 is 1.13 bits per heavy atom. The van der Waals surface area contributed by atoms with Crippen molar-refractivity contribution in [2.75, 3.05) is 0 Å². The largest absolute Gasteiger partial charge is 0.296 e. The molecule has 0 fully saturated rings. The highest BCUT2D eigenvalue weighted by atomic mass is 15.1. The Labute approximate surface area is 271 Å². The molecule has 214 valence electrons. The van der Waals surface area contributed by atoms with Gasteiger partial charge in [0.15, 0.2) is 0 Å². The maximum atomic E-state index is 8.77. The fourth-order valence-corrected chi connectivity index (χ4v) is 7.50. The van der Waals surface area contributed by atoms with Crippen molar-refractivity contribution in [2.45, 2.75) is 26.0 Å². The number of aromatic nitrogens is 2. The summed E-state index contributed by atoms with van der Waals surface area (Å²) in [6.07, 6.45) is 0. The zero-order valence-corrected chi connectivity index (χ0v) is 24.7. The molecule has 0 amide bonds. The van der Waals surface area contributed by atoms with Gasteiger partial charge >= 0.3 is 0 Å². The van der Waals surface area contributed by atoms with E-state index in [4.69, 9.17) is 13.2 Å². The SMILES string of the molecule is [2H]C([2H])([2H])C1(C([2H])([2H])[2H])c2ccccc2-c2ccc(-c3c4ccccc4c(-c4ccccc4-n4c(C)nc5ccccc54)c4ccccc34)cc21. The van der Waals surface area contributed by atoms with Crippen LogP contribution in [0, 0.1) is 6.92 Å². The monoisotopic (exact) mass is 582 g/mol. The second kappa shape index (κ2) is 9.51. The van der Waals surface area contributed by atoms with Gasteiger partial charge in [-0.2, -0.15) is 0 Å². The molecule has 1 aliphatic rings. The Morgan fingerprint density at radius 1 is 0.556 bits per heavy atom. The van der Waals surface area contributed by atoms with E-state index in [0.29, 0.717) is 22.3 Å². The molecule has 9 rings (SSSR count). The fraction of sp³-hybridized carbons (Fsp3) is 0.0930. The van der Waals surface area contributed by atoms with Gasteiger partial charge in [-0.15, -0.1) is 0 Å². The molecule has 45 heavy (non-hydrogen) atoms. The topological polar surface area (TPSA) is 17.8 Å². The summed E-state index contributed by atoms with van der Waals surface area (Å²) in [5.74, 6) is 0.889. The molecular formula is C43H32N2. The molecule has 0 radical (unpaired) electrons. The van der Waals surface area contributed by atoms with E-state index < -0.39 is 19.1 Å². The van der Waals surface area contributed by atoms with Crippen molar-refractivity contribution in [3.8, 4) is 39.1 Å². The van der Waals surface area contributed by atoms with Gasteiger partial charge in [-0.1, -0.05) is 129 Å². The van der Waals surface area contributed by atoms with Crippen molar-refractivity contribution >= 4 is 32.6 Å². The van der Waals surface area contributed by atoms with E-state index in [1.165, 1.54) is 0 Å². The third-order valence-electron chi connectivity index (χ3n) is 9.41. The first-order chi connectivity index (χ1) is 24.5. The Balaban J connectivity index is 1.36. The molecule has 1 aliphatic carbocycles. The Bertz CT molecular complexity index is 2630. The van der Waals surface area contributed by atoms with Gasteiger partial charge < -0.3 is 0 Å². The smallest absolute Gasteiger partial charge is 0.111 e. The molecular weight excluding hydrogens is 544 g/mol. The summed E-state index contributed by atoms with van der Waals surface area (Å²) in [5.41, 5.74) is 6.53. The van der Waals surface area contributed by atoms with Crippen LogP contribution in [0.15, 0.2) is 140 Å². The predicted molar refractivity (Wildman–Crippen MR) is 189 cm³/mol. The van der Waals surface area contributed by atoms with Gasteiger partial charge in [0.1, 0.15) is 5.82 Å². The number of nitrogens with zero attached hydrogens (tertiary/aromatic N) is 2. The molecule has 2 nitrogen and oxygen atoms in total. The van der Waals surface area contributed by atoms with Crippen LogP contribution in [0.3, 0.4) is 0 Å². The molecule has 0 atom stereocenters. The molecule has 0 saturated carbocycles. The van der Waals surface area contributed by atoms with Crippen molar-refractivity contribution in [3.63, 3.8) is 0 Å². The predicted octanol–water partition coefficient (Wildman–Crippen LogP) is 11.3. The van der Waals surface area contributed by atoms with Crippen LogP contribution < -0.4 is 0 Å². The number of hydrogen-bond acceptors (Lipinski definition) is 1. The second-order valence-electron chi connectivity index (χ2n) is 11.9. The van der Waals surface area contributed by atoms with Gasteiger partial charge in [-0.25, -0.2) is 4.98 Å². The molecule has 0 unspecified atom stereocenters. The Morgan fingerprint density at radius 3 is 1.87 bits per heavy atom. The van der Waals surface area contributed by atoms with Gasteiger partial charge in [0, 0.05) is 19.2 Å². The second-order valence-corrected chi connectivity index (χ2v) is 11.9. The van der Waals surface area contributed by atoms with Crippen LogP contribution in [0.1, 0.15) is 38.9 Å². The maximum Gasteiger partial charge on any atom is 0.111 e. The lowest BCUT2D eigenvalue weighted by atomic mass is 9.80. The Kier molecular flexibility index (Phi) is 4.33. The first-order valence-corrected chi connectivity index (χ1v) is 15.2. The molecule has 8 aromatic rings. The van der Waals surface area contributed by atoms with Crippen molar-refractivity contribution in [3.05, 3.63) is 156 Å². The zero-order valence-electron chi connectivity index (χ0n) is 30.7. The van der Waals surface area contributed by atoms with Crippen molar-refractivity contribution in [1.29, 1.82) is 0 Å². The number of fused-ring (bicyclic) bond motifs is 6. The van der Waals surface area contributed by atoms with E-state index in [1.807, 2.05) is 79.7 Å². The first kappa shape index (κ1) is 20.5. The summed E-state index contributed by atoms with van der Waals surface area (Å²) in [7, 11) is 0. The normalized spacial score (nSPS) is 15.9. The van der Waals surface area contributed by atoms with Crippen molar-refractivity contribution < 1.29 is 8.22 Å². The van der Waals surface area contributed by atoms with Crippen LogP contribution in [0.25, 0.3) is 71.6 Å². The minimum absolute atomic E-state index is 0.311. The summed E-state index contributed by atoms with van der Waals surface area (Å²) >= 11 is 0. The average Bonchev–Trinajstić information content (AvgIpc) is 3.62. The van der Waals surface area contributed by atoms with E-state index in [-0.39, 0.29) is 0 Å². The molecule has 0 bridgehead atoms. The highest BCUT2D eigenvalue weighted by Crippen LogP contribution is 2.51. The highest BCUT2D eigenvalue weighted by molar-refractivity contribution is 6.22. The third-order valence-corrected chi connectivity index (χ3v) is 9.41. The molecule has 0 spiro atoms. The van der Waals surface area contributed by atoms with E-state index in [9.17, 15) is 0 Å². The highest BCUT2D eigenvalue weighted by Gasteiger charge is 2.35. The van der Waals surface area contributed by atoms with Crippen molar-refractivity contribution in [2.24, 2.45) is 0 Å². The summed E-state index contributed by atoms with van der Waals surface area (Å²) in [5, 5.41) is 4.03. The molecule has 0 N–H and O–H groups in total. The minimum Gasteiger partial charge on any atom is -0.296 e. The molecule has 0 saturated heterocycles. The lowest BCUT2D eigenvalue weighted by molar-refractivity contribution is 0.660. The number of rotatable bonds is 3. The van der Waals surface area contributed by atoms with Crippen LogP contribution in [0.4, 0.5) is 0 Å². The number of para-hydroxylation sites is 3. The summed E-state index contributed by atoms with van der Waals surface area (Å²) in [6, 6.07) is 45.9. The number of aryl methyl sites for hydroxylation is 1. The summed E-state index contributed by atoms with van der Waals surface area (Å²) in [6.45, 7) is -3.65. The van der Waals surface area contributed by atoms with Gasteiger partial charge in [0.05, 0.1) is 16.7 Å². The van der Waals surface area contributed by atoms with Gasteiger partial charge in [-0.05, 0) is 91.7 Å². The maximum absolute atomic E-state index is 8.77. The van der Waals surface area contributed by atoms with E-state index in [1.54, 1.807) is 12.1 Å². The van der Waals surface area contributed by atoms with Gasteiger partial charge in [-0.3, -0.25) is 4.57 Å². The standard InChI is InChI=1S/C43H32N2/c1-27-44-38-21-11-13-23-40(38)45(27)39-22-12-9-19-35(39)42-33-17-6-4-15-31(33)41(32-16-5-7-18-34(32)42)28-24-25-30-29-14-8-10-20-36(29)43(2,3)37(30)26-28/h4-26H,1-3H3/i2D3,3D3. The minimum atomic E-state index is -2.84.